The molecule has 1 aliphatic heterocycles. The van der Waals surface area contributed by atoms with E-state index in [0.717, 1.165) is 41.8 Å². The van der Waals surface area contributed by atoms with Crippen LogP contribution in [-0.4, -0.2) is 57.0 Å². The van der Waals surface area contributed by atoms with E-state index in [0.29, 0.717) is 11.3 Å². The Morgan fingerprint density at radius 1 is 1.18 bits per heavy atom. The summed E-state index contributed by atoms with van der Waals surface area (Å²) in [7, 11) is 5.48. The van der Waals surface area contributed by atoms with Gasteiger partial charge in [-0.3, -0.25) is 19.1 Å². The molecule has 0 aliphatic carbocycles. The highest BCUT2D eigenvalue weighted by Gasteiger charge is 2.24. The molecule has 4 heterocycles. The smallest absolute Gasteiger partial charge is 0.293 e. The van der Waals surface area contributed by atoms with Gasteiger partial charge >= 0.3 is 0 Å². The Hall–Kier alpha value is -4.24. The van der Waals surface area contributed by atoms with E-state index in [-0.39, 0.29) is 17.6 Å². The number of aryl methyl sites for hydroxylation is 2. The second-order valence-electron chi connectivity index (χ2n) is 10.3. The van der Waals surface area contributed by atoms with Gasteiger partial charge in [0.2, 0.25) is 5.82 Å². The van der Waals surface area contributed by atoms with Crippen LogP contribution < -0.4 is 11.3 Å². The quantitative estimate of drug-likeness (QED) is 0.417. The van der Waals surface area contributed by atoms with Crippen LogP contribution in [0.3, 0.4) is 0 Å². The van der Waals surface area contributed by atoms with Gasteiger partial charge in [-0.2, -0.15) is 4.39 Å². The summed E-state index contributed by atoms with van der Waals surface area (Å²) >= 11 is 0. The van der Waals surface area contributed by atoms with Crippen molar-refractivity contribution in [3.63, 3.8) is 0 Å². The van der Waals surface area contributed by atoms with Crippen molar-refractivity contribution in [2.75, 3.05) is 32.9 Å². The molecule has 0 saturated carbocycles. The van der Waals surface area contributed by atoms with E-state index in [1.54, 1.807) is 31.3 Å². The molecule has 0 unspecified atom stereocenters. The summed E-state index contributed by atoms with van der Waals surface area (Å²) in [4.78, 5) is 33.5. The molecule has 2 N–H and O–H groups in total. The molecule has 1 aliphatic rings. The molecular weight excluding hydrogens is 495 g/mol. The summed E-state index contributed by atoms with van der Waals surface area (Å²) in [6.45, 7) is 5.86. The molecular formula is C30H33FN6O2. The number of benzene rings is 1. The van der Waals surface area contributed by atoms with Crippen LogP contribution in [0.4, 0.5) is 10.1 Å². The number of nitrogens with zero attached hydrogens (tertiary/aromatic N) is 5. The first-order valence-electron chi connectivity index (χ1n) is 13.0. The number of carbonyl (C=O) groups is 1. The lowest BCUT2D eigenvalue weighted by Crippen LogP contribution is -2.32. The van der Waals surface area contributed by atoms with Crippen LogP contribution in [0, 0.1) is 12.7 Å². The number of hydrogen-bond acceptors (Lipinski definition) is 5. The van der Waals surface area contributed by atoms with Gasteiger partial charge in [0.15, 0.2) is 0 Å². The predicted molar refractivity (Wildman–Crippen MR) is 152 cm³/mol. The van der Waals surface area contributed by atoms with Crippen LogP contribution in [0.1, 0.15) is 46.6 Å². The lowest BCUT2D eigenvalue weighted by atomic mass is 9.93. The normalized spacial score (nSPS) is 14.9. The van der Waals surface area contributed by atoms with E-state index in [4.69, 9.17) is 5.73 Å². The highest BCUT2D eigenvalue weighted by molar-refractivity contribution is 5.94. The monoisotopic (exact) mass is 528 g/mol. The number of aromatic nitrogens is 3. The Balaban J connectivity index is 1.42. The molecule has 1 atom stereocenters. The van der Waals surface area contributed by atoms with Gasteiger partial charge in [-0.05, 0) is 67.3 Å². The van der Waals surface area contributed by atoms with Crippen LogP contribution >= 0.6 is 0 Å². The average Bonchev–Trinajstić information content (AvgIpc) is 3.27. The third kappa shape index (κ3) is 4.63. The third-order valence-corrected chi connectivity index (χ3v) is 7.71. The number of amides is 1. The van der Waals surface area contributed by atoms with Gasteiger partial charge in [0.1, 0.15) is 5.65 Å². The summed E-state index contributed by atoms with van der Waals surface area (Å²) in [6, 6.07) is 11.1. The van der Waals surface area contributed by atoms with Crippen molar-refractivity contribution in [2.24, 2.45) is 7.05 Å². The zero-order chi connectivity index (χ0) is 28.0. The lowest BCUT2D eigenvalue weighted by Gasteiger charge is -2.32. The van der Waals surface area contributed by atoms with E-state index < -0.39 is 11.4 Å². The standard InChI is InChI=1S/C30H33FN6O2/c1-18-16-21(29(38)34(3)4)6-7-22(18)20-9-13-36(14-10-20)19(2)26-17-23-25(8-12-33-28(23)35(26)5)37-15-11-24(32)27(31)30(37)39/h6-9,11-12,15-17,19H,10,13-14,32H2,1-5H3/t19-/m1/s1. The minimum Gasteiger partial charge on any atom is -0.396 e. The molecule has 0 spiro atoms. The molecule has 0 fully saturated rings. The largest absolute Gasteiger partial charge is 0.396 e. The molecule has 9 heteroatoms. The molecule has 8 nitrogen and oxygen atoms in total. The fourth-order valence-electron chi connectivity index (χ4n) is 5.43. The molecule has 0 saturated heterocycles. The van der Waals surface area contributed by atoms with E-state index >= 15 is 0 Å². The van der Waals surface area contributed by atoms with Crippen LogP contribution in [0.15, 0.2) is 59.7 Å². The number of anilines is 1. The maximum absolute atomic E-state index is 14.3. The summed E-state index contributed by atoms with van der Waals surface area (Å²) in [5.41, 5.74) is 11.2. The van der Waals surface area contributed by atoms with Crippen LogP contribution in [0.2, 0.25) is 0 Å². The molecule has 4 aromatic rings. The SMILES string of the molecule is Cc1cc(C(=O)N(C)C)ccc1C1=CCN([C@H](C)c2cc3c(-n4ccc(N)c(F)c4=O)ccnc3n2C)CC1. The second-order valence-corrected chi connectivity index (χ2v) is 10.3. The van der Waals surface area contributed by atoms with Crippen LogP contribution in [-0.2, 0) is 7.05 Å². The Bertz CT molecular complexity index is 1680. The Kier molecular flexibility index (Phi) is 6.86. The summed E-state index contributed by atoms with van der Waals surface area (Å²) in [5, 5.41) is 0.768. The van der Waals surface area contributed by atoms with E-state index in [1.165, 1.54) is 28.0 Å². The van der Waals surface area contributed by atoms with E-state index in [1.807, 2.05) is 29.8 Å². The number of rotatable bonds is 5. The fourth-order valence-corrected chi connectivity index (χ4v) is 5.43. The number of hydrogen-bond donors (Lipinski definition) is 1. The molecule has 1 amide bonds. The molecule has 202 valence electrons. The zero-order valence-corrected chi connectivity index (χ0v) is 22.9. The van der Waals surface area contributed by atoms with Crippen molar-refractivity contribution >= 4 is 28.2 Å². The highest BCUT2D eigenvalue weighted by Crippen LogP contribution is 2.33. The first kappa shape index (κ1) is 26.4. The Labute approximate surface area is 226 Å². The first-order chi connectivity index (χ1) is 18.6. The zero-order valence-electron chi connectivity index (χ0n) is 22.9. The topological polar surface area (TPSA) is 89.4 Å². The van der Waals surface area contributed by atoms with E-state index in [9.17, 15) is 14.0 Å². The Morgan fingerprint density at radius 2 is 1.95 bits per heavy atom. The lowest BCUT2D eigenvalue weighted by molar-refractivity contribution is 0.0827. The molecule has 5 rings (SSSR count). The second kappa shape index (κ2) is 10.1. The summed E-state index contributed by atoms with van der Waals surface area (Å²) < 4.78 is 17.6. The summed E-state index contributed by atoms with van der Waals surface area (Å²) in [6.07, 6.45) is 6.27. The minimum atomic E-state index is -0.961. The van der Waals surface area contributed by atoms with Gasteiger partial charge in [-0.15, -0.1) is 0 Å². The van der Waals surface area contributed by atoms with Gasteiger partial charge < -0.3 is 15.2 Å². The van der Waals surface area contributed by atoms with Crippen molar-refractivity contribution in [1.29, 1.82) is 0 Å². The van der Waals surface area contributed by atoms with Gasteiger partial charge in [-0.25, -0.2) is 4.98 Å². The van der Waals surface area contributed by atoms with Crippen LogP contribution in [0.5, 0.6) is 0 Å². The van der Waals surface area contributed by atoms with Gasteiger partial charge in [0.25, 0.3) is 11.5 Å². The van der Waals surface area contributed by atoms with Crippen molar-refractivity contribution in [3.8, 4) is 5.69 Å². The number of fused-ring (bicyclic) bond motifs is 1. The molecule has 3 aromatic heterocycles. The molecule has 0 radical (unpaired) electrons. The third-order valence-electron chi connectivity index (χ3n) is 7.71. The number of pyridine rings is 2. The average molecular weight is 529 g/mol. The van der Waals surface area contributed by atoms with Crippen molar-refractivity contribution in [3.05, 3.63) is 93.4 Å². The Morgan fingerprint density at radius 3 is 2.62 bits per heavy atom. The first-order valence-corrected chi connectivity index (χ1v) is 13.0. The van der Waals surface area contributed by atoms with Crippen LogP contribution in [0.25, 0.3) is 22.3 Å². The van der Waals surface area contributed by atoms with Gasteiger partial charge in [-0.1, -0.05) is 12.1 Å². The maximum atomic E-state index is 14.3. The van der Waals surface area contributed by atoms with Gasteiger partial charge in [0, 0.05) is 69.3 Å². The predicted octanol–water partition coefficient (Wildman–Crippen LogP) is 4.31. The molecule has 39 heavy (non-hydrogen) atoms. The fraction of sp³-hybridized carbons (Fsp3) is 0.300. The van der Waals surface area contributed by atoms with E-state index in [2.05, 4.69) is 35.9 Å². The molecule has 0 bridgehead atoms. The highest BCUT2D eigenvalue weighted by atomic mass is 19.1. The number of halogens is 1. The molecule has 1 aromatic carbocycles. The maximum Gasteiger partial charge on any atom is 0.293 e. The minimum absolute atomic E-state index is 0.00119. The number of nitrogens with two attached hydrogens (primary N) is 1. The number of nitrogen functional groups attached to an aromatic ring is 1. The van der Waals surface area contributed by atoms with Crippen molar-refractivity contribution < 1.29 is 9.18 Å². The van der Waals surface area contributed by atoms with Crippen molar-refractivity contribution in [1.82, 2.24) is 23.9 Å². The summed E-state index contributed by atoms with van der Waals surface area (Å²) in [5.74, 6) is -0.960. The van der Waals surface area contributed by atoms with Gasteiger partial charge in [0.05, 0.1) is 11.4 Å². The van der Waals surface area contributed by atoms with Crippen molar-refractivity contribution in [2.45, 2.75) is 26.3 Å². The number of carbonyl (C=O) groups excluding carboxylic acids is 1.